The van der Waals surface area contributed by atoms with Crippen molar-refractivity contribution in [2.45, 2.75) is 44.0 Å². The zero-order valence-electron chi connectivity index (χ0n) is 11.4. The molecule has 0 radical (unpaired) electrons. The van der Waals surface area contributed by atoms with Crippen LogP contribution in [-0.4, -0.2) is 22.5 Å². The maximum Gasteiger partial charge on any atom is 0.272 e. The number of rotatable bonds is 5. The Kier molecular flexibility index (Phi) is 4.82. The molecular weight excluding hydrogens is 260 g/mol. The van der Waals surface area contributed by atoms with Crippen molar-refractivity contribution < 1.29 is 4.92 Å². The predicted octanol–water partition coefficient (Wildman–Crippen LogP) is 3.28. The van der Waals surface area contributed by atoms with Gasteiger partial charge in [-0.05, 0) is 31.6 Å². The highest BCUT2D eigenvalue weighted by Gasteiger charge is 2.26. The van der Waals surface area contributed by atoms with Crippen molar-refractivity contribution in [2.75, 3.05) is 6.26 Å². The molecule has 0 spiro atoms. The fraction of sp³-hybridized carbons (Fsp3) is 0.571. The fourth-order valence-corrected chi connectivity index (χ4v) is 3.71. The van der Waals surface area contributed by atoms with Gasteiger partial charge >= 0.3 is 0 Å². The number of nitrogens with one attached hydrogen (secondary N) is 1. The summed E-state index contributed by atoms with van der Waals surface area (Å²) in [6.45, 7) is 2.55. The van der Waals surface area contributed by atoms with Crippen LogP contribution in [0.4, 0.5) is 5.69 Å². The molecule has 1 fully saturated rings. The van der Waals surface area contributed by atoms with E-state index in [1.165, 1.54) is 19.3 Å². The van der Waals surface area contributed by atoms with Crippen LogP contribution in [0.15, 0.2) is 18.2 Å². The lowest BCUT2D eigenvalue weighted by Crippen LogP contribution is -2.33. The highest BCUT2D eigenvalue weighted by molar-refractivity contribution is 7.99. The molecule has 1 aliphatic rings. The van der Waals surface area contributed by atoms with Gasteiger partial charge in [-0.2, -0.15) is 11.8 Å². The Bertz CT molecular complexity index is 465. The van der Waals surface area contributed by atoms with Gasteiger partial charge in [-0.3, -0.25) is 10.1 Å². The minimum absolute atomic E-state index is 0.215. The first-order valence-corrected chi connectivity index (χ1v) is 7.91. The maximum absolute atomic E-state index is 10.9. The first kappa shape index (κ1) is 14.3. The van der Waals surface area contributed by atoms with Crippen LogP contribution in [0.25, 0.3) is 0 Å². The third kappa shape index (κ3) is 3.28. The van der Waals surface area contributed by atoms with Crippen LogP contribution >= 0.6 is 11.8 Å². The molecule has 0 aromatic heterocycles. The topological polar surface area (TPSA) is 55.2 Å². The van der Waals surface area contributed by atoms with Crippen LogP contribution in [0.3, 0.4) is 0 Å². The summed E-state index contributed by atoms with van der Waals surface area (Å²) in [6.07, 6.45) is 5.91. The van der Waals surface area contributed by atoms with Gasteiger partial charge in [0.1, 0.15) is 0 Å². The quantitative estimate of drug-likeness (QED) is 0.664. The highest BCUT2D eigenvalue weighted by atomic mass is 32.2. The molecule has 0 amide bonds. The summed E-state index contributed by atoms with van der Waals surface area (Å²) < 4.78 is 0. The molecule has 104 valence electrons. The summed E-state index contributed by atoms with van der Waals surface area (Å²) in [5.74, 6) is 0. The molecule has 5 heteroatoms. The number of nitro groups is 1. The van der Waals surface area contributed by atoms with Gasteiger partial charge in [0.2, 0.25) is 0 Å². The van der Waals surface area contributed by atoms with Gasteiger partial charge in [-0.25, -0.2) is 0 Å². The molecule has 1 N–H and O–H groups in total. The molecule has 0 heterocycles. The van der Waals surface area contributed by atoms with Crippen LogP contribution in [0, 0.1) is 17.0 Å². The van der Waals surface area contributed by atoms with Crippen molar-refractivity contribution in [2.24, 2.45) is 0 Å². The van der Waals surface area contributed by atoms with Crippen molar-refractivity contribution >= 4 is 17.4 Å². The number of hydrogen-bond donors (Lipinski definition) is 1. The SMILES string of the molecule is CSC1CCCC1NCc1cccc([N+](=O)[O-])c1C. The Hall–Kier alpha value is -1.07. The summed E-state index contributed by atoms with van der Waals surface area (Å²) in [6, 6.07) is 5.84. The van der Waals surface area contributed by atoms with Crippen molar-refractivity contribution in [1.29, 1.82) is 0 Å². The summed E-state index contributed by atoms with van der Waals surface area (Å²) >= 11 is 1.92. The van der Waals surface area contributed by atoms with E-state index in [4.69, 9.17) is 0 Å². The Balaban J connectivity index is 2.03. The van der Waals surface area contributed by atoms with E-state index in [0.29, 0.717) is 11.3 Å². The minimum atomic E-state index is -0.306. The first-order chi connectivity index (χ1) is 9.13. The van der Waals surface area contributed by atoms with E-state index in [-0.39, 0.29) is 10.6 Å². The second-order valence-corrected chi connectivity index (χ2v) is 6.09. The van der Waals surface area contributed by atoms with Crippen LogP contribution in [0.2, 0.25) is 0 Å². The molecule has 1 saturated carbocycles. The van der Waals surface area contributed by atoms with Crippen molar-refractivity contribution in [3.8, 4) is 0 Å². The Morgan fingerprint density at radius 3 is 2.95 bits per heavy atom. The van der Waals surface area contributed by atoms with Gasteiger partial charge < -0.3 is 5.32 Å². The van der Waals surface area contributed by atoms with E-state index < -0.39 is 0 Å². The second-order valence-electron chi connectivity index (χ2n) is 5.01. The standard InChI is InChI=1S/C14H20N2O2S/c1-10-11(5-3-7-13(10)16(17)18)9-15-12-6-4-8-14(12)19-2/h3,5,7,12,14-15H,4,6,8-9H2,1-2H3. The number of nitro benzene ring substituents is 1. The number of benzene rings is 1. The smallest absolute Gasteiger partial charge is 0.272 e. The normalized spacial score (nSPS) is 22.6. The van der Waals surface area contributed by atoms with Gasteiger partial charge in [0.25, 0.3) is 5.69 Å². The minimum Gasteiger partial charge on any atom is -0.309 e. The predicted molar refractivity (Wildman–Crippen MR) is 79.6 cm³/mol. The molecule has 19 heavy (non-hydrogen) atoms. The van der Waals surface area contributed by atoms with Gasteiger partial charge in [0, 0.05) is 29.5 Å². The van der Waals surface area contributed by atoms with E-state index >= 15 is 0 Å². The first-order valence-electron chi connectivity index (χ1n) is 6.62. The van der Waals surface area contributed by atoms with Crippen molar-refractivity contribution in [3.05, 3.63) is 39.4 Å². The van der Waals surface area contributed by atoms with Crippen LogP contribution < -0.4 is 5.32 Å². The molecule has 2 atom stereocenters. The molecule has 0 aliphatic heterocycles. The molecule has 0 bridgehead atoms. The molecule has 4 nitrogen and oxygen atoms in total. The van der Waals surface area contributed by atoms with Gasteiger partial charge in [-0.1, -0.05) is 18.6 Å². The summed E-state index contributed by atoms with van der Waals surface area (Å²) in [5, 5.41) is 15.2. The molecule has 1 aliphatic carbocycles. The summed E-state index contributed by atoms with van der Waals surface area (Å²) in [7, 11) is 0. The summed E-state index contributed by atoms with van der Waals surface area (Å²) in [4.78, 5) is 10.6. The van der Waals surface area contributed by atoms with Crippen LogP contribution in [0.5, 0.6) is 0 Å². The second kappa shape index (κ2) is 6.39. The van der Waals surface area contributed by atoms with E-state index in [1.54, 1.807) is 12.1 Å². The highest BCUT2D eigenvalue weighted by Crippen LogP contribution is 2.29. The Morgan fingerprint density at radius 1 is 1.47 bits per heavy atom. The molecule has 1 aromatic rings. The fourth-order valence-electron chi connectivity index (χ4n) is 2.74. The molecule has 0 saturated heterocycles. The largest absolute Gasteiger partial charge is 0.309 e. The average molecular weight is 280 g/mol. The zero-order chi connectivity index (χ0) is 13.8. The van der Waals surface area contributed by atoms with Crippen molar-refractivity contribution in [1.82, 2.24) is 5.32 Å². The van der Waals surface area contributed by atoms with E-state index in [9.17, 15) is 10.1 Å². The lowest BCUT2D eigenvalue weighted by molar-refractivity contribution is -0.385. The number of hydrogen-bond acceptors (Lipinski definition) is 4. The van der Waals surface area contributed by atoms with E-state index in [2.05, 4.69) is 11.6 Å². The van der Waals surface area contributed by atoms with Crippen molar-refractivity contribution in [3.63, 3.8) is 0 Å². The molecular formula is C14H20N2O2S. The van der Waals surface area contributed by atoms with Gasteiger partial charge in [0.05, 0.1) is 4.92 Å². The maximum atomic E-state index is 10.9. The third-order valence-corrected chi connectivity index (χ3v) is 5.09. The zero-order valence-corrected chi connectivity index (χ0v) is 12.2. The Labute approximate surface area is 118 Å². The molecule has 1 aromatic carbocycles. The lowest BCUT2D eigenvalue weighted by Gasteiger charge is -2.19. The van der Waals surface area contributed by atoms with Crippen LogP contribution in [-0.2, 0) is 6.54 Å². The molecule has 2 rings (SSSR count). The van der Waals surface area contributed by atoms with Gasteiger partial charge in [-0.15, -0.1) is 0 Å². The average Bonchev–Trinajstić information content (AvgIpc) is 2.84. The lowest BCUT2D eigenvalue weighted by atomic mass is 10.1. The monoisotopic (exact) mass is 280 g/mol. The van der Waals surface area contributed by atoms with E-state index in [0.717, 1.165) is 17.7 Å². The Morgan fingerprint density at radius 2 is 2.26 bits per heavy atom. The van der Waals surface area contributed by atoms with Gasteiger partial charge in [0.15, 0.2) is 0 Å². The number of nitrogens with zero attached hydrogens (tertiary/aromatic N) is 1. The van der Waals surface area contributed by atoms with E-state index in [1.807, 2.05) is 24.8 Å². The third-order valence-electron chi connectivity index (χ3n) is 3.92. The molecule has 2 unspecified atom stereocenters. The summed E-state index contributed by atoms with van der Waals surface area (Å²) in [5.41, 5.74) is 2.02. The van der Waals surface area contributed by atoms with Crippen LogP contribution in [0.1, 0.15) is 30.4 Å². The number of thioether (sulfide) groups is 1.